The van der Waals surface area contributed by atoms with Crippen molar-refractivity contribution in [3.63, 3.8) is 0 Å². The molecule has 0 fully saturated rings. The zero-order chi connectivity index (χ0) is 13.1. The Kier molecular flexibility index (Phi) is 4.20. The normalized spacial score (nSPS) is 11.6. The van der Waals surface area contributed by atoms with E-state index in [2.05, 4.69) is 0 Å². The largest absolute Gasteiger partial charge is 0.405 e. The Hall–Kier alpha value is -1.46. The average molecular weight is 250 g/mol. The molecule has 1 aromatic rings. The number of hydrogen-bond acceptors (Lipinski definition) is 2. The first-order valence-corrected chi connectivity index (χ1v) is 5.19. The third kappa shape index (κ3) is 4.50. The molecular weight excluding hydrogens is 236 g/mol. The van der Waals surface area contributed by atoms with Crippen molar-refractivity contribution in [2.24, 2.45) is 0 Å². The van der Waals surface area contributed by atoms with Crippen molar-refractivity contribution in [2.45, 2.75) is 19.5 Å². The first-order chi connectivity index (χ1) is 7.81. The van der Waals surface area contributed by atoms with E-state index in [0.717, 1.165) is 17.0 Å². The first kappa shape index (κ1) is 13.6. The molecule has 0 spiro atoms. The highest BCUT2D eigenvalue weighted by molar-refractivity contribution is 5.56. The lowest BCUT2D eigenvalue weighted by Crippen LogP contribution is -2.34. The molecule has 0 heterocycles. The lowest BCUT2D eigenvalue weighted by atomic mass is 10.2. The maximum absolute atomic E-state index is 13.1. The van der Waals surface area contributed by atoms with Crippen LogP contribution in [0.25, 0.3) is 0 Å². The van der Waals surface area contributed by atoms with Crippen LogP contribution in [-0.4, -0.2) is 19.3 Å². The van der Waals surface area contributed by atoms with Crippen LogP contribution in [-0.2, 0) is 0 Å². The van der Waals surface area contributed by atoms with E-state index in [9.17, 15) is 17.6 Å². The molecule has 0 bridgehead atoms. The van der Waals surface area contributed by atoms with E-state index in [1.165, 1.54) is 6.07 Å². The van der Waals surface area contributed by atoms with Crippen LogP contribution in [0.1, 0.15) is 13.3 Å². The molecule has 0 aliphatic heterocycles. The molecule has 2 N–H and O–H groups in total. The maximum atomic E-state index is 13.1. The number of rotatable bonds is 4. The lowest BCUT2D eigenvalue weighted by molar-refractivity contribution is -0.119. The van der Waals surface area contributed by atoms with Crippen molar-refractivity contribution in [3.8, 4) is 0 Å². The van der Waals surface area contributed by atoms with E-state index in [-0.39, 0.29) is 17.9 Å². The summed E-state index contributed by atoms with van der Waals surface area (Å²) in [6.45, 7) is 0.845. The average Bonchev–Trinajstić information content (AvgIpc) is 2.13. The van der Waals surface area contributed by atoms with Gasteiger partial charge in [0.25, 0.3) is 0 Å². The fraction of sp³-hybridized carbons (Fsp3) is 0.455. The highest BCUT2D eigenvalue weighted by atomic mass is 19.4. The summed E-state index contributed by atoms with van der Waals surface area (Å²) >= 11 is 0. The molecule has 0 saturated heterocycles. The summed E-state index contributed by atoms with van der Waals surface area (Å²) in [5.74, 6) is -0.636. The Morgan fingerprint density at radius 2 is 1.88 bits per heavy atom. The zero-order valence-corrected chi connectivity index (χ0v) is 9.39. The van der Waals surface area contributed by atoms with E-state index < -0.39 is 18.5 Å². The summed E-state index contributed by atoms with van der Waals surface area (Å²) in [7, 11) is 0. The first-order valence-electron chi connectivity index (χ1n) is 5.19. The van der Waals surface area contributed by atoms with Gasteiger partial charge in [-0.1, -0.05) is 6.92 Å². The molecule has 0 saturated carbocycles. The molecule has 17 heavy (non-hydrogen) atoms. The van der Waals surface area contributed by atoms with Crippen LogP contribution in [0.5, 0.6) is 0 Å². The van der Waals surface area contributed by atoms with Crippen LogP contribution in [0.3, 0.4) is 0 Å². The van der Waals surface area contributed by atoms with Crippen molar-refractivity contribution < 1.29 is 17.6 Å². The van der Waals surface area contributed by atoms with Gasteiger partial charge in [0.2, 0.25) is 0 Å². The summed E-state index contributed by atoms with van der Waals surface area (Å²) in [4.78, 5) is 1.07. The van der Waals surface area contributed by atoms with Crippen LogP contribution >= 0.6 is 0 Å². The minimum absolute atomic E-state index is 0.114. The summed E-state index contributed by atoms with van der Waals surface area (Å²) in [6.07, 6.45) is -3.79. The number of nitrogens with two attached hydrogens (primary N) is 1. The van der Waals surface area contributed by atoms with Gasteiger partial charge in [0.15, 0.2) is 0 Å². The Morgan fingerprint density at radius 3 is 2.35 bits per heavy atom. The molecule has 1 rings (SSSR count). The van der Waals surface area contributed by atoms with E-state index in [1.807, 2.05) is 0 Å². The summed E-state index contributed by atoms with van der Waals surface area (Å²) in [5.41, 5.74) is 5.68. The zero-order valence-electron chi connectivity index (χ0n) is 9.39. The van der Waals surface area contributed by atoms with Crippen molar-refractivity contribution in [1.29, 1.82) is 0 Å². The molecule has 96 valence electrons. The predicted molar refractivity (Wildman–Crippen MR) is 59.4 cm³/mol. The second-order valence-corrected chi connectivity index (χ2v) is 3.78. The summed E-state index contributed by atoms with van der Waals surface area (Å²) in [6, 6.07) is 3.46. The molecule has 6 heteroatoms. The molecule has 0 amide bonds. The number of hydrogen-bond donors (Lipinski definition) is 1. The highest BCUT2D eigenvalue weighted by Crippen LogP contribution is 2.25. The van der Waals surface area contributed by atoms with Gasteiger partial charge in [-0.25, -0.2) is 4.39 Å². The van der Waals surface area contributed by atoms with Gasteiger partial charge in [-0.2, -0.15) is 13.2 Å². The Bertz CT molecular complexity index is 356. The summed E-state index contributed by atoms with van der Waals surface area (Å²) < 4.78 is 50.1. The van der Waals surface area contributed by atoms with E-state index in [0.29, 0.717) is 6.42 Å². The van der Waals surface area contributed by atoms with Crippen LogP contribution < -0.4 is 10.6 Å². The molecule has 0 aromatic heterocycles. The van der Waals surface area contributed by atoms with Gasteiger partial charge >= 0.3 is 6.18 Å². The third-order valence-electron chi connectivity index (χ3n) is 2.13. The van der Waals surface area contributed by atoms with Gasteiger partial charge in [0.05, 0.1) is 0 Å². The molecule has 0 aliphatic rings. The second-order valence-electron chi connectivity index (χ2n) is 3.78. The Balaban J connectivity index is 2.96. The van der Waals surface area contributed by atoms with Crippen LogP contribution in [0.15, 0.2) is 18.2 Å². The highest BCUT2D eigenvalue weighted by Gasteiger charge is 2.30. The number of alkyl halides is 3. The number of benzene rings is 1. The predicted octanol–water partition coefficient (Wildman–Crippen LogP) is 3.19. The number of anilines is 2. The van der Waals surface area contributed by atoms with Gasteiger partial charge in [0.1, 0.15) is 12.4 Å². The van der Waals surface area contributed by atoms with E-state index >= 15 is 0 Å². The molecule has 2 nitrogen and oxygen atoms in total. The molecule has 0 atom stereocenters. The fourth-order valence-electron chi connectivity index (χ4n) is 1.56. The SMILES string of the molecule is CCCN(CC(F)(F)F)c1cc(N)cc(F)c1. The van der Waals surface area contributed by atoms with Gasteiger partial charge in [0, 0.05) is 17.9 Å². The van der Waals surface area contributed by atoms with Gasteiger partial charge in [-0.3, -0.25) is 0 Å². The molecular formula is C11H14F4N2. The smallest absolute Gasteiger partial charge is 0.399 e. The topological polar surface area (TPSA) is 29.3 Å². The molecule has 0 radical (unpaired) electrons. The van der Waals surface area contributed by atoms with E-state index in [4.69, 9.17) is 5.73 Å². The maximum Gasteiger partial charge on any atom is 0.405 e. The standard InChI is InChI=1S/C11H14F4N2/c1-2-3-17(7-11(13,14)15)10-5-8(12)4-9(16)6-10/h4-6H,2-3,7,16H2,1H3. The molecule has 0 unspecified atom stereocenters. The van der Waals surface area contributed by atoms with Crippen LogP contribution in [0.2, 0.25) is 0 Å². The van der Waals surface area contributed by atoms with Crippen LogP contribution in [0.4, 0.5) is 28.9 Å². The summed E-state index contributed by atoms with van der Waals surface area (Å²) in [5, 5.41) is 0. The Morgan fingerprint density at radius 1 is 1.24 bits per heavy atom. The third-order valence-corrected chi connectivity index (χ3v) is 2.13. The van der Waals surface area contributed by atoms with Crippen molar-refractivity contribution in [1.82, 2.24) is 0 Å². The minimum Gasteiger partial charge on any atom is -0.399 e. The van der Waals surface area contributed by atoms with E-state index in [1.54, 1.807) is 6.92 Å². The number of halogens is 4. The van der Waals surface area contributed by atoms with Crippen molar-refractivity contribution in [2.75, 3.05) is 23.7 Å². The van der Waals surface area contributed by atoms with Gasteiger partial charge in [-0.15, -0.1) is 0 Å². The minimum atomic E-state index is -4.32. The van der Waals surface area contributed by atoms with Crippen molar-refractivity contribution >= 4 is 11.4 Å². The van der Waals surface area contributed by atoms with Gasteiger partial charge in [-0.05, 0) is 24.6 Å². The number of nitrogens with zero attached hydrogens (tertiary/aromatic N) is 1. The molecule has 0 aliphatic carbocycles. The second kappa shape index (κ2) is 5.25. The Labute approximate surface area is 97.0 Å². The fourth-order valence-corrected chi connectivity index (χ4v) is 1.56. The molecule has 1 aromatic carbocycles. The number of nitrogen functional groups attached to an aromatic ring is 1. The lowest BCUT2D eigenvalue weighted by Gasteiger charge is -2.25. The van der Waals surface area contributed by atoms with Gasteiger partial charge < -0.3 is 10.6 Å². The quantitative estimate of drug-likeness (QED) is 0.657. The van der Waals surface area contributed by atoms with Crippen LogP contribution in [0, 0.1) is 5.82 Å². The monoisotopic (exact) mass is 250 g/mol. The van der Waals surface area contributed by atoms with Crippen molar-refractivity contribution in [3.05, 3.63) is 24.0 Å².